The monoisotopic (exact) mass is 464 g/mol. The Kier molecular flexibility index (Phi) is 7.37. The lowest BCUT2D eigenvalue weighted by Gasteiger charge is -2.58. The van der Waals surface area contributed by atoms with E-state index < -0.39 is 5.41 Å². The van der Waals surface area contributed by atoms with Crippen LogP contribution in [-0.2, 0) is 4.79 Å². The van der Waals surface area contributed by atoms with E-state index in [9.17, 15) is 4.79 Å². The summed E-state index contributed by atoms with van der Waals surface area (Å²) in [5, 5.41) is 9.48. The molecule has 0 radical (unpaired) electrons. The molecule has 3 saturated heterocycles. The lowest BCUT2D eigenvalue weighted by Crippen LogP contribution is -2.72. The first-order valence-corrected chi connectivity index (χ1v) is 13.1. The minimum atomic E-state index is -0.613. The van der Waals surface area contributed by atoms with E-state index in [0.717, 1.165) is 51.9 Å². The maximum absolute atomic E-state index is 14.0. The first-order chi connectivity index (χ1) is 15.0. The van der Waals surface area contributed by atoms with Crippen LogP contribution in [0, 0.1) is 11.3 Å². The van der Waals surface area contributed by atoms with E-state index in [0.29, 0.717) is 12.6 Å². The van der Waals surface area contributed by atoms with Crippen molar-refractivity contribution in [2.75, 3.05) is 32.7 Å². The van der Waals surface area contributed by atoms with Crippen LogP contribution in [0.5, 0.6) is 0 Å². The predicted molar refractivity (Wildman–Crippen MR) is 137 cm³/mol. The van der Waals surface area contributed by atoms with Crippen molar-refractivity contribution in [2.45, 2.75) is 116 Å². The number of hydrogen-bond acceptors (Lipinski definition) is 6. The number of carbonyl (C=O) groups is 1. The van der Waals surface area contributed by atoms with Gasteiger partial charge in [-0.15, -0.1) is 0 Å². The zero-order valence-corrected chi connectivity index (χ0v) is 22.9. The maximum Gasteiger partial charge on any atom is 0.241 e. The Morgan fingerprint density at radius 1 is 0.939 bits per heavy atom. The fraction of sp³-hybridized carbons (Fsp3) is 0.962. The highest BCUT2D eigenvalue weighted by molar-refractivity contribution is 5.82. The Labute approximate surface area is 202 Å². The number of amides is 1. The third-order valence-corrected chi connectivity index (χ3v) is 8.60. The summed E-state index contributed by atoms with van der Waals surface area (Å²) < 4.78 is 0. The van der Waals surface area contributed by atoms with Gasteiger partial charge in [0.15, 0.2) is 0 Å². The van der Waals surface area contributed by atoms with Crippen LogP contribution in [0.3, 0.4) is 0 Å². The number of hydrogen-bond donors (Lipinski definition) is 4. The van der Waals surface area contributed by atoms with Gasteiger partial charge in [0.25, 0.3) is 0 Å². The Hall–Kier alpha value is -0.730. The predicted octanol–water partition coefficient (Wildman–Crippen LogP) is 2.47. The van der Waals surface area contributed by atoms with E-state index in [2.05, 4.69) is 88.3 Å². The molecule has 1 amide bonds. The van der Waals surface area contributed by atoms with Crippen LogP contribution >= 0.6 is 0 Å². The first-order valence-electron chi connectivity index (χ1n) is 13.1. The second kappa shape index (κ2) is 9.05. The van der Waals surface area contributed by atoms with Crippen molar-refractivity contribution in [1.82, 2.24) is 26.0 Å². The van der Waals surface area contributed by atoms with Gasteiger partial charge < -0.3 is 16.4 Å². The van der Waals surface area contributed by atoms with Gasteiger partial charge in [-0.05, 0) is 93.9 Å². The standard InChI is InChI=1S/C26H52N6O/c1-22(2)14-19(15-23(3,4)30-22)26(9,18-27)21(33)29-32-24(5,6)16-20(17-25(32,7)8)31-12-10-28-11-13-31/h19-20,28,30H,10-18,27H2,1-9H3,(H,29,33). The van der Waals surface area contributed by atoms with E-state index >= 15 is 0 Å². The molecule has 7 nitrogen and oxygen atoms in total. The van der Waals surface area contributed by atoms with Crippen LogP contribution in [0.15, 0.2) is 0 Å². The number of rotatable bonds is 5. The molecule has 5 N–H and O–H groups in total. The van der Waals surface area contributed by atoms with Crippen LogP contribution in [0.4, 0.5) is 0 Å². The van der Waals surface area contributed by atoms with Gasteiger partial charge in [-0.25, -0.2) is 5.01 Å². The lowest BCUT2D eigenvalue weighted by molar-refractivity contribution is -0.157. The molecule has 0 bridgehead atoms. The molecule has 3 rings (SSSR count). The molecule has 0 aromatic carbocycles. The zero-order valence-electron chi connectivity index (χ0n) is 22.9. The molecule has 0 aliphatic carbocycles. The van der Waals surface area contributed by atoms with Crippen LogP contribution in [0.25, 0.3) is 0 Å². The minimum absolute atomic E-state index is 0.0245. The Morgan fingerprint density at radius 3 is 1.88 bits per heavy atom. The molecule has 7 heteroatoms. The van der Waals surface area contributed by atoms with Crippen molar-refractivity contribution in [3.8, 4) is 0 Å². The molecule has 0 spiro atoms. The molecular formula is C26H52N6O. The summed E-state index contributed by atoms with van der Waals surface area (Å²) in [6, 6.07) is 0.539. The van der Waals surface area contributed by atoms with E-state index in [4.69, 9.17) is 5.73 Å². The smallest absolute Gasteiger partial charge is 0.241 e. The normalized spacial score (nSPS) is 30.5. The van der Waals surface area contributed by atoms with Crippen molar-refractivity contribution < 1.29 is 4.79 Å². The molecule has 0 aromatic heterocycles. The summed E-state index contributed by atoms with van der Waals surface area (Å²) in [6.45, 7) is 24.8. The van der Waals surface area contributed by atoms with Gasteiger partial charge in [-0.2, -0.15) is 0 Å². The molecule has 1 atom stereocenters. The second-order valence-electron chi connectivity index (χ2n) is 13.9. The van der Waals surface area contributed by atoms with Gasteiger partial charge in [0.2, 0.25) is 5.91 Å². The van der Waals surface area contributed by atoms with Gasteiger partial charge >= 0.3 is 0 Å². The van der Waals surface area contributed by atoms with Crippen molar-refractivity contribution in [1.29, 1.82) is 0 Å². The highest BCUT2D eigenvalue weighted by Crippen LogP contribution is 2.44. The number of hydrazine groups is 1. The van der Waals surface area contributed by atoms with Crippen molar-refractivity contribution in [3.05, 3.63) is 0 Å². The highest BCUT2D eigenvalue weighted by atomic mass is 16.2. The van der Waals surface area contributed by atoms with Crippen LogP contribution in [0.2, 0.25) is 0 Å². The summed E-state index contributed by atoms with van der Waals surface area (Å²) in [6.07, 6.45) is 3.97. The Morgan fingerprint density at radius 2 is 1.42 bits per heavy atom. The van der Waals surface area contributed by atoms with Gasteiger partial charge in [0, 0.05) is 60.9 Å². The summed E-state index contributed by atoms with van der Waals surface area (Å²) in [4.78, 5) is 16.6. The van der Waals surface area contributed by atoms with Crippen LogP contribution in [0.1, 0.15) is 88.0 Å². The Bertz CT molecular complexity index is 678. The molecule has 1 unspecified atom stereocenters. The summed E-state index contributed by atoms with van der Waals surface area (Å²) >= 11 is 0. The molecule has 0 aromatic rings. The van der Waals surface area contributed by atoms with Crippen molar-refractivity contribution in [3.63, 3.8) is 0 Å². The van der Waals surface area contributed by atoms with Crippen molar-refractivity contribution in [2.24, 2.45) is 17.1 Å². The quantitative estimate of drug-likeness (QED) is 0.500. The third-order valence-electron chi connectivity index (χ3n) is 8.60. The maximum atomic E-state index is 14.0. The third kappa shape index (κ3) is 5.75. The molecule has 3 aliphatic rings. The fourth-order valence-electron chi connectivity index (χ4n) is 7.28. The summed E-state index contributed by atoms with van der Waals surface area (Å²) in [5.74, 6) is 0.295. The number of piperidine rings is 2. The number of piperazine rings is 1. The first kappa shape index (κ1) is 26.9. The second-order valence-corrected chi connectivity index (χ2v) is 13.9. The molecule has 0 saturated carbocycles. The van der Waals surface area contributed by atoms with Gasteiger partial charge in [0.1, 0.15) is 0 Å². The average molecular weight is 465 g/mol. The molecule has 192 valence electrons. The average Bonchev–Trinajstić information content (AvgIpc) is 2.67. The number of nitrogens with one attached hydrogen (secondary N) is 3. The van der Waals surface area contributed by atoms with Gasteiger partial charge in [-0.1, -0.05) is 0 Å². The zero-order chi connectivity index (χ0) is 24.9. The SMILES string of the molecule is CC1(C)CC(C(C)(CN)C(=O)NN2C(C)(C)CC(N3CCNCC3)CC2(C)C)CC(C)(C)N1. The number of nitrogens with two attached hydrogens (primary N) is 1. The summed E-state index contributed by atoms with van der Waals surface area (Å²) in [5.41, 5.74) is 8.84. The van der Waals surface area contributed by atoms with E-state index in [1.54, 1.807) is 0 Å². The van der Waals surface area contributed by atoms with Gasteiger partial charge in [-0.3, -0.25) is 15.1 Å². The largest absolute Gasteiger partial charge is 0.329 e. The number of nitrogens with zero attached hydrogens (tertiary/aromatic N) is 2. The van der Waals surface area contributed by atoms with Crippen LogP contribution in [-0.4, -0.2) is 76.7 Å². The molecule has 33 heavy (non-hydrogen) atoms. The summed E-state index contributed by atoms with van der Waals surface area (Å²) in [7, 11) is 0. The lowest BCUT2D eigenvalue weighted by atomic mass is 9.63. The Balaban J connectivity index is 1.79. The minimum Gasteiger partial charge on any atom is -0.329 e. The molecule has 3 heterocycles. The van der Waals surface area contributed by atoms with E-state index in [1.165, 1.54) is 0 Å². The fourth-order valence-corrected chi connectivity index (χ4v) is 7.28. The highest BCUT2D eigenvalue weighted by Gasteiger charge is 2.52. The molecular weight excluding hydrogens is 412 g/mol. The molecule has 3 fully saturated rings. The molecule has 3 aliphatic heterocycles. The number of carbonyl (C=O) groups excluding carboxylic acids is 1. The van der Waals surface area contributed by atoms with Crippen molar-refractivity contribution >= 4 is 5.91 Å². The topological polar surface area (TPSA) is 85.7 Å². The van der Waals surface area contributed by atoms with Gasteiger partial charge in [0.05, 0.1) is 5.41 Å². The van der Waals surface area contributed by atoms with E-state index in [1.807, 2.05) is 0 Å². The van der Waals surface area contributed by atoms with Crippen LogP contribution < -0.4 is 21.8 Å². The van der Waals surface area contributed by atoms with E-state index in [-0.39, 0.29) is 34.0 Å².